The summed E-state index contributed by atoms with van der Waals surface area (Å²) in [5.41, 5.74) is 5.89. The highest BCUT2D eigenvalue weighted by atomic mass is 79.9. The van der Waals surface area contributed by atoms with Gasteiger partial charge in [0.15, 0.2) is 0 Å². The first kappa shape index (κ1) is 15.1. The third kappa shape index (κ3) is 3.23. The molecule has 2 rings (SSSR count). The van der Waals surface area contributed by atoms with E-state index in [0.717, 1.165) is 12.1 Å². The molecule has 0 radical (unpaired) electrons. The van der Waals surface area contributed by atoms with Gasteiger partial charge < -0.3 is 5.73 Å². The van der Waals surface area contributed by atoms with Crippen LogP contribution in [0, 0.1) is 5.82 Å². The normalized spacial score (nSPS) is 11.3. The Bertz CT molecular complexity index is 768. The highest BCUT2D eigenvalue weighted by Crippen LogP contribution is 2.27. The van der Waals surface area contributed by atoms with E-state index in [-0.39, 0.29) is 11.4 Å². The van der Waals surface area contributed by atoms with E-state index in [1.54, 1.807) is 0 Å². The van der Waals surface area contributed by atoms with Crippen LogP contribution in [0.1, 0.15) is 0 Å². The van der Waals surface area contributed by atoms with Crippen molar-refractivity contribution < 1.29 is 12.8 Å². The second kappa shape index (κ2) is 5.59. The number of nitrogens with one attached hydrogen (secondary N) is 1. The van der Waals surface area contributed by atoms with Crippen molar-refractivity contribution in [2.75, 3.05) is 10.5 Å². The Morgan fingerprint density at radius 1 is 1.20 bits per heavy atom. The molecule has 0 atom stereocenters. The van der Waals surface area contributed by atoms with Crippen LogP contribution in [0.15, 0.2) is 45.8 Å². The summed E-state index contributed by atoms with van der Waals surface area (Å²) >= 11 is 8.99. The van der Waals surface area contributed by atoms with E-state index in [1.165, 1.54) is 24.3 Å². The van der Waals surface area contributed by atoms with Gasteiger partial charge in [-0.3, -0.25) is 4.72 Å². The van der Waals surface area contributed by atoms with Crippen molar-refractivity contribution in [1.82, 2.24) is 0 Å². The van der Waals surface area contributed by atoms with Crippen LogP contribution >= 0.6 is 27.5 Å². The second-order valence-corrected chi connectivity index (χ2v) is 6.84. The van der Waals surface area contributed by atoms with Gasteiger partial charge in [-0.25, -0.2) is 12.8 Å². The van der Waals surface area contributed by atoms with Crippen LogP contribution in [-0.2, 0) is 10.0 Å². The summed E-state index contributed by atoms with van der Waals surface area (Å²) < 4.78 is 40.6. The molecular weight excluding hydrogens is 371 g/mol. The maximum absolute atomic E-state index is 13.6. The van der Waals surface area contributed by atoms with E-state index < -0.39 is 20.7 Å². The highest BCUT2D eigenvalue weighted by molar-refractivity contribution is 9.10. The SMILES string of the molecule is Nc1ccc(F)c(S(=O)(=O)Nc2ccc(Cl)c(Br)c2)c1. The average molecular weight is 380 g/mol. The molecule has 0 saturated heterocycles. The summed E-state index contributed by atoms with van der Waals surface area (Å²) in [4.78, 5) is -0.511. The fourth-order valence-corrected chi connectivity index (χ4v) is 3.16. The minimum Gasteiger partial charge on any atom is -0.399 e. The zero-order valence-electron chi connectivity index (χ0n) is 9.90. The zero-order valence-corrected chi connectivity index (χ0v) is 13.1. The monoisotopic (exact) mass is 378 g/mol. The highest BCUT2D eigenvalue weighted by Gasteiger charge is 2.19. The summed E-state index contributed by atoms with van der Waals surface area (Å²) in [6.45, 7) is 0. The van der Waals surface area contributed by atoms with E-state index in [9.17, 15) is 12.8 Å². The van der Waals surface area contributed by atoms with Gasteiger partial charge in [0.2, 0.25) is 0 Å². The average Bonchev–Trinajstić information content (AvgIpc) is 2.36. The molecule has 2 aromatic carbocycles. The van der Waals surface area contributed by atoms with Crippen LogP contribution in [0.2, 0.25) is 5.02 Å². The Labute approximate surface area is 128 Å². The van der Waals surface area contributed by atoms with Crippen molar-refractivity contribution in [2.24, 2.45) is 0 Å². The minimum absolute atomic E-state index is 0.157. The lowest BCUT2D eigenvalue weighted by Gasteiger charge is -2.10. The summed E-state index contributed by atoms with van der Waals surface area (Å²) in [6.07, 6.45) is 0. The fraction of sp³-hybridized carbons (Fsp3) is 0. The van der Waals surface area contributed by atoms with Crippen molar-refractivity contribution in [1.29, 1.82) is 0 Å². The lowest BCUT2D eigenvalue weighted by atomic mass is 10.3. The van der Waals surface area contributed by atoms with Gasteiger partial charge >= 0.3 is 0 Å². The number of anilines is 2. The number of halogens is 3. The topological polar surface area (TPSA) is 72.2 Å². The van der Waals surface area contributed by atoms with E-state index in [0.29, 0.717) is 9.50 Å². The lowest BCUT2D eigenvalue weighted by Crippen LogP contribution is -2.15. The van der Waals surface area contributed by atoms with E-state index in [1.807, 2.05) is 0 Å². The molecular formula is C12H9BrClFN2O2S. The van der Waals surface area contributed by atoms with Crippen molar-refractivity contribution >= 4 is 48.9 Å². The molecule has 0 unspecified atom stereocenters. The van der Waals surface area contributed by atoms with E-state index in [2.05, 4.69) is 20.7 Å². The van der Waals surface area contributed by atoms with Gasteiger partial charge in [0.25, 0.3) is 10.0 Å². The molecule has 0 bridgehead atoms. The Hall–Kier alpha value is -1.31. The van der Waals surface area contributed by atoms with Gasteiger partial charge in [-0.05, 0) is 52.3 Å². The molecule has 0 spiro atoms. The van der Waals surface area contributed by atoms with Gasteiger partial charge in [-0.2, -0.15) is 0 Å². The first-order chi connectivity index (χ1) is 9.29. The van der Waals surface area contributed by atoms with Gasteiger partial charge in [-0.1, -0.05) is 11.6 Å². The molecule has 0 aromatic heterocycles. The summed E-state index contributed by atoms with van der Waals surface area (Å²) in [5.74, 6) is -0.875. The Morgan fingerprint density at radius 3 is 2.55 bits per heavy atom. The van der Waals surface area contributed by atoms with Crippen LogP contribution in [0.25, 0.3) is 0 Å². The Balaban J connectivity index is 2.40. The summed E-state index contributed by atoms with van der Waals surface area (Å²) in [6, 6.07) is 7.80. The molecule has 3 N–H and O–H groups in total. The molecule has 0 heterocycles. The number of sulfonamides is 1. The molecule has 20 heavy (non-hydrogen) atoms. The first-order valence-electron chi connectivity index (χ1n) is 5.32. The molecule has 0 aliphatic heterocycles. The smallest absolute Gasteiger partial charge is 0.264 e. The Kier molecular flexibility index (Phi) is 4.22. The molecule has 4 nitrogen and oxygen atoms in total. The second-order valence-electron chi connectivity index (χ2n) is 3.92. The third-order valence-electron chi connectivity index (χ3n) is 2.42. The molecule has 0 aliphatic rings. The maximum atomic E-state index is 13.6. The molecule has 0 aliphatic carbocycles. The summed E-state index contributed by atoms with van der Waals surface area (Å²) in [5, 5.41) is 0.433. The fourth-order valence-electron chi connectivity index (χ4n) is 1.50. The largest absolute Gasteiger partial charge is 0.399 e. The van der Waals surface area contributed by atoms with Gasteiger partial charge in [-0.15, -0.1) is 0 Å². The number of rotatable bonds is 3. The number of nitrogen functional groups attached to an aromatic ring is 1. The zero-order chi connectivity index (χ0) is 14.9. The van der Waals surface area contributed by atoms with Crippen molar-refractivity contribution in [2.45, 2.75) is 4.90 Å². The molecule has 0 fully saturated rings. The molecule has 106 valence electrons. The van der Waals surface area contributed by atoms with E-state index in [4.69, 9.17) is 17.3 Å². The van der Waals surface area contributed by atoms with E-state index >= 15 is 0 Å². The number of hydrogen-bond acceptors (Lipinski definition) is 3. The van der Waals surface area contributed by atoms with Crippen LogP contribution < -0.4 is 10.5 Å². The van der Waals surface area contributed by atoms with Crippen LogP contribution in [0.3, 0.4) is 0 Å². The molecule has 2 aromatic rings. The van der Waals surface area contributed by atoms with Crippen LogP contribution in [-0.4, -0.2) is 8.42 Å². The maximum Gasteiger partial charge on any atom is 0.264 e. The third-order valence-corrected chi connectivity index (χ3v) is 5.03. The quantitative estimate of drug-likeness (QED) is 0.800. The molecule has 0 amide bonds. The standard InChI is InChI=1S/C12H9BrClFN2O2S/c13-9-6-8(2-3-10(9)14)17-20(18,19)12-5-7(16)1-4-11(12)15/h1-6,17H,16H2. The number of hydrogen-bond donors (Lipinski definition) is 2. The molecule has 8 heteroatoms. The Morgan fingerprint density at radius 2 is 1.90 bits per heavy atom. The summed E-state index contributed by atoms with van der Waals surface area (Å²) in [7, 11) is -4.07. The lowest BCUT2D eigenvalue weighted by molar-refractivity contribution is 0.570. The van der Waals surface area contributed by atoms with Crippen LogP contribution in [0.4, 0.5) is 15.8 Å². The predicted molar refractivity (Wildman–Crippen MR) is 80.8 cm³/mol. The van der Waals surface area contributed by atoms with Crippen molar-refractivity contribution in [3.63, 3.8) is 0 Å². The van der Waals surface area contributed by atoms with Gasteiger partial charge in [0.1, 0.15) is 10.7 Å². The van der Waals surface area contributed by atoms with Crippen molar-refractivity contribution in [3.8, 4) is 0 Å². The van der Waals surface area contributed by atoms with Crippen LogP contribution in [0.5, 0.6) is 0 Å². The van der Waals surface area contributed by atoms with Gasteiger partial charge in [0.05, 0.1) is 10.7 Å². The molecule has 0 saturated carbocycles. The number of benzene rings is 2. The van der Waals surface area contributed by atoms with Crippen molar-refractivity contribution in [3.05, 3.63) is 51.7 Å². The number of nitrogens with two attached hydrogens (primary N) is 1. The minimum atomic E-state index is -4.07. The van der Waals surface area contributed by atoms with Gasteiger partial charge in [0, 0.05) is 10.2 Å². The predicted octanol–water partition coefficient (Wildman–Crippen LogP) is 3.62. The first-order valence-corrected chi connectivity index (χ1v) is 7.98.